The van der Waals surface area contributed by atoms with E-state index in [1.54, 1.807) is 18.4 Å². The summed E-state index contributed by atoms with van der Waals surface area (Å²) in [4.78, 5) is 0. The summed E-state index contributed by atoms with van der Waals surface area (Å²) in [5.74, 6) is 0.772. The second-order valence-electron chi connectivity index (χ2n) is 5.27. The van der Waals surface area contributed by atoms with Crippen LogP contribution in [0.2, 0.25) is 0 Å². The molecule has 0 aliphatic rings. The lowest BCUT2D eigenvalue weighted by Crippen LogP contribution is -2.24. The third kappa shape index (κ3) is 4.08. The van der Waals surface area contributed by atoms with Gasteiger partial charge < -0.3 is 4.42 Å². The van der Waals surface area contributed by atoms with Crippen molar-refractivity contribution in [3.8, 4) is 11.5 Å². The highest BCUT2D eigenvalue weighted by Gasteiger charge is 2.18. The molecule has 3 aromatic rings. The smallest absolute Gasteiger partial charge is 0.250 e. The number of nitrogens with one attached hydrogen (secondary N) is 1. The summed E-state index contributed by atoms with van der Waals surface area (Å²) in [5, 5.41) is 9.34. The van der Waals surface area contributed by atoms with Crippen molar-refractivity contribution in [3.63, 3.8) is 0 Å². The van der Waals surface area contributed by atoms with Crippen LogP contribution in [-0.4, -0.2) is 25.2 Å². The van der Waals surface area contributed by atoms with Crippen molar-refractivity contribution in [1.82, 2.24) is 14.9 Å². The van der Waals surface area contributed by atoms with Crippen LogP contribution in [0.5, 0.6) is 0 Å². The molecule has 0 bridgehead atoms. The fourth-order valence-electron chi connectivity index (χ4n) is 2.20. The highest BCUT2D eigenvalue weighted by molar-refractivity contribution is 7.91. The van der Waals surface area contributed by atoms with Crippen LogP contribution in [0.4, 0.5) is 0 Å². The summed E-state index contributed by atoms with van der Waals surface area (Å²) >= 11 is 1.14. The summed E-state index contributed by atoms with van der Waals surface area (Å²) in [7, 11) is -3.52. The van der Waals surface area contributed by atoms with E-state index in [4.69, 9.17) is 4.42 Å². The van der Waals surface area contributed by atoms with E-state index in [0.717, 1.165) is 24.2 Å². The van der Waals surface area contributed by atoms with Crippen LogP contribution in [0.15, 0.2) is 50.4 Å². The minimum atomic E-state index is -3.52. The molecule has 0 saturated carbocycles. The molecule has 24 heavy (non-hydrogen) atoms. The number of aryl methyl sites for hydroxylation is 2. The van der Waals surface area contributed by atoms with Crippen molar-refractivity contribution in [2.24, 2.45) is 0 Å². The van der Waals surface area contributed by atoms with Gasteiger partial charge in [-0.25, -0.2) is 13.1 Å². The van der Waals surface area contributed by atoms with E-state index in [-0.39, 0.29) is 4.21 Å². The fourth-order valence-corrected chi connectivity index (χ4v) is 4.47. The highest BCUT2D eigenvalue weighted by atomic mass is 32.2. The van der Waals surface area contributed by atoms with Gasteiger partial charge in [0.1, 0.15) is 4.21 Å². The first-order valence-electron chi connectivity index (χ1n) is 7.47. The molecule has 1 N–H and O–H groups in total. The standard InChI is InChI=1S/C16H17N3O3S2/c1-12-18-19-16(22-12)14-10-15(23-11-14)24(20,21)17-9-5-8-13-6-3-2-4-7-13/h2-4,6-7,10-11,17H,5,8-9H2,1H3. The molecule has 0 fully saturated rings. The molecule has 0 aliphatic carbocycles. The Hall–Kier alpha value is -2.03. The molecule has 1 aromatic carbocycles. The number of benzene rings is 1. The SMILES string of the molecule is Cc1nnc(-c2csc(S(=O)(=O)NCCCc3ccccc3)c2)o1. The van der Waals surface area contributed by atoms with Gasteiger partial charge in [0.05, 0.1) is 5.56 Å². The zero-order valence-electron chi connectivity index (χ0n) is 13.1. The van der Waals surface area contributed by atoms with Crippen LogP contribution in [-0.2, 0) is 16.4 Å². The lowest BCUT2D eigenvalue weighted by molar-refractivity contribution is 0.533. The van der Waals surface area contributed by atoms with Crippen molar-refractivity contribution in [2.75, 3.05) is 6.54 Å². The van der Waals surface area contributed by atoms with Gasteiger partial charge in [-0.1, -0.05) is 30.3 Å². The van der Waals surface area contributed by atoms with Crippen LogP contribution >= 0.6 is 11.3 Å². The third-order valence-corrected chi connectivity index (χ3v) is 6.29. The maximum absolute atomic E-state index is 12.3. The van der Waals surface area contributed by atoms with Gasteiger partial charge in [0.15, 0.2) is 0 Å². The largest absolute Gasteiger partial charge is 0.421 e. The normalized spacial score (nSPS) is 11.7. The Labute approximate surface area is 144 Å². The topological polar surface area (TPSA) is 85.1 Å². The van der Waals surface area contributed by atoms with E-state index in [1.807, 2.05) is 30.3 Å². The van der Waals surface area contributed by atoms with Gasteiger partial charge in [-0.15, -0.1) is 21.5 Å². The maximum Gasteiger partial charge on any atom is 0.250 e. The highest BCUT2D eigenvalue weighted by Crippen LogP contribution is 2.27. The summed E-state index contributed by atoms with van der Waals surface area (Å²) in [5.41, 5.74) is 1.81. The van der Waals surface area contributed by atoms with Gasteiger partial charge >= 0.3 is 0 Å². The molecule has 2 heterocycles. The number of hydrogen-bond acceptors (Lipinski definition) is 6. The van der Waals surface area contributed by atoms with Crippen LogP contribution in [0, 0.1) is 6.92 Å². The molecule has 0 atom stereocenters. The number of sulfonamides is 1. The predicted octanol–water partition coefficient (Wildman–Crippen LogP) is 3.02. The average molecular weight is 363 g/mol. The molecule has 0 saturated heterocycles. The number of aromatic nitrogens is 2. The molecule has 0 amide bonds. The first-order chi connectivity index (χ1) is 11.5. The Morgan fingerprint density at radius 1 is 1.21 bits per heavy atom. The Bertz CT molecular complexity index is 902. The maximum atomic E-state index is 12.3. The number of thiophene rings is 1. The molecular weight excluding hydrogens is 346 g/mol. The zero-order chi connectivity index (χ0) is 17.0. The monoisotopic (exact) mass is 363 g/mol. The first kappa shape index (κ1) is 16.8. The minimum absolute atomic E-state index is 0.244. The second-order valence-corrected chi connectivity index (χ2v) is 8.17. The summed E-state index contributed by atoms with van der Waals surface area (Å²) in [6.45, 7) is 2.08. The Morgan fingerprint density at radius 2 is 2.00 bits per heavy atom. The quantitative estimate of drug-likeness (QED) is 0.652. The summed E-state index contributed by atoms with van der Waals surface area (Å²) in [6, 6.07) is 11.5. The van der Waals surface area contributed by atoms with Crippen LogP contribution in [0.1, 0.15) is 17.9 Å². The zero-order valence-corrected chi connectivity index (χ0v) is 14.7. The van der Waals surface area contributed by atoms with E-state index in [0.29, 0.717) is 23.9 Å². The van der Waals surface area contributed by atoms with Gasteiger partial charge in [0.25, 0.3) is 0 Å². The molecule has 0 aliphatic heterocycles. The van der Waals surface area contributed by atoms with E-state index in [2.05, 4.69) is 14.9 Å². The molecule has 0 radical (unpaired) electrons. The van der Waals surface area contributed by atoms with Crippen molar-refractivity contribution < 1.29 is 12.8 Å². The fraction of sp³-hybridized carbons (Fsp3) is 0.250. The van der Waals surface area contributed by atoms with Gasteiger partial charge in [-0.2, -0.15) is 0 Å². The summed E-state index contributed by atoms with van der Waals surface area (Å²) in [6.07, 6.45) is 1.57. The second kappa shape index (κ2) is 7.25. The average Bonchev–Trinajstić information content (AvgIpc) is 3.22. The molecule has 0 unspecified atom stereocenters. The number of rotatable bonds is 7. The Kier molecular flexibility index (Phi) is 5.08. The van der Waals surface area contributed by atoms with Crippen molar-refractivity contribution in [1.29, 1.82) is 0 Å². The molecular formula is C16H17N3O3S2. The Morgan fingerprint density at radius 3 is 2.71 bits per heavy atom. The van der Waals surface area contributed by atoms with E-state index in [9.17, 15) is 8.42 Å². The molecule has 8 heteroatoms. The number of nitrogens with zero attached hydrogens (tertiary/aromatic N) is 2. The van der Waals surface area contributed by atoms with Crippen molar-refractivity contribution in [2.45, 2.75) is 24.0 Å². The van der Waals surface area contributed by atoms with E-state index < -0.39 is 10.0 Å². The molecule has 2 aromatic heterocycles. The van der Waals surface area contributed by atoms with Crippen LogP contribution < -0.4 is 4.72 Å². The van der Waals surface area contributed by atoms with Gasteiger partial charge in [0.2, 0.25) is 21.8 Å². The molecule has 0 spiro atoms. The lowest BCUT2D eigenvalue weighted by atomic mass is 10.1. The van der Waals surface area contributed by atoms with Gasteiger partial charge in [0, 0.05) is 18.8 Å². The van der Waals surface area contributed by atoms with Crippen LogP contribution in [0.3, 0.4) is 0 Å². The van der Waals surface area contributed by atoms with E-state index >= 15 is 0 Å². The van der Waals surface area contributed by atoms with Gasteiger partial charge in [-0.05, 0) is 24.5 Å². The minimum Gasteiger partial charge on any atom is -0.421 e. The number of hydrogen-bond donors (Lipinski definition) is 1. The van der Waals surface area contributed by atoms with Gasteiger partial charge in [-0.3, -0.25) is 0 Å². The molecule has 3 rings (SSSR count). The van der Waals surface area contributed by atoms with Crippen LogP contribution in [0.25, 0.3) is 11.5 Å². The van der Waals surface area contributed by atoms with E-state index in [1.165, 1.54) is 5.56 Å². The third-order valence-electron chi connectivity index (χ3n) is 3.39. The van der Waals surface area contributed by atoms with Crippen molar-refractivity contribution in [3.05, 3.63) is 53.2 Å². The molecule has 6 nitrogen and oxygen atoms in total. The summed E-state index contributed by atoms with van der Waals surface area (Å²) < 4.78 is 32.8. The first-order valence-corrected chi connectivity index (χ1v) is 9.83. The Balaban J connectivity index is 1.58. The molecule has 126 valence electrons. The predicted molar refractivity (Wildman–Crippen MR) is 92.3 cm³/mol. The lowest BCUT2D eigenvalue weighted by Gasteiger charge is -2.04. The van der Waals surface area contributed by atoms with Crippen molar-refractivity contribution >= 4 is 21.4 Å².